The van der Waals surface area contributed by atoms with E-state index in [1.54, 1.807) is 0 Å². The highest BCUT2D eigenvalue weighted by Crippen LogP contribution is 2.24. The quantitative estimate of drug-likeness (QED) is 0.669. The molecule has 0 spiro atoms. The zero-order valence-corrected chi connectivity index (χ0v) is 9.66. The standard InChI is InChI=1S/C11H19NO3/c1-4-14-10-9(11(13)15-5-2)8(3)6-7-12-10/h8-9H,4-7H2,1-3H3/t8-,9-/m0/s1. The minimum Gasteiger partial charge on any atom is -0.481 e. The maximum absolute atomic E-state index is 11.7. The Labute approximate surface area is 90.7 Å². The van der Waals surface area contributed by atoms with Gasteiger partial charge < -0.3 is 9.47 Å². The van der Waals surface area contributed by atoms with Crippen LogP contribution in [0, 0.1) is 11.8 Å². The van der Waals surface area contributed by atoms with Crippen LogP contribution in [-0.2, 0) is 14.3 Å². The van der Waals surface area contributed by atoms with Crippen molar-refractivity contribution in [2.24, 2.45) is 16.8 Å². The largest absolute Gasteiger partial charge is 0.481 e. The number of rotatable bonds is 3. The Kier molecular flexibility index (Phi) is 4.59. The fourth-order valence-corrected chi connectivity index (χ4v) is 1.74. The van der Waals surface area contributed by atoms with Crippen molar-refractivity contribution in [2.75, 3.05) is 19.8 Å². The third kappa shape index (κ3) is 2.94. The molecule has 2 atom stereocenters. The molecule has 1 heterocycles. The lowest BCUT2D eigenvalue weighted by atomic mass is 9.89. The van der Waals surface area contributed by atoms with Crippen molar-refractivity contribution in [3.8, 4) is 0 Å². The molecule has 0 bridgehead atoms. The van der Waals surface area contributed by atoms with Gasteiger partial charge >= 0.3 is 5.97 Å². The summed E-state index contributed by atoms with van der Waals surface area (Å²) in [4.78, 5) is 16.0. The van der Waals surface area contributed by atoms with Crippen molar-refractivity contribution >= 4 is 11.9 Å². The lowest BCUT2D eigenvalue weighted by Crippen LogP contribution is -2.36. The van der Waals surface area contributed by atoms with E-state index in [4.69, 9.17) is 9.47 Å². The van der Waals surface area contributed by atoms with Crippen LogP contribution in [0.4, 0.5) is 0 Å². The molecule has 4 nitrogen and oxygen atoms in total. The summed E-state index contributed by atoms with van der Waals surface area (Å²) >= 11 is 0. The minimum absolute atomic E-state index is 0.211. The van der Waals surface area contributed by atoms with E-state index in [1.165, 1.54) is 0 Å². The van der Waals surface area contributed by atoms with E-state index < -0.39 is 0 Å². The maximum Gasteiger partial charge on any atom is 0.318 e. The number of ether oxygens (including phenoxy) is 2. The Bertz CT molecular complexity index is 250. The summed E-state index contributed by atoms with van der Waals surface area (Å²) in [6.07, 6.45) is 0.917. The summed E-state index contributed by atoms with van der Waals surface area (Å²) in [6, 6.07) is 0. The van der Waals surface area contributed by atoms with Crippen LogP contribution in [0.25, 0.3) is 0 Å². The predicted molar refractivity (Wildman–Crippen MR) is 57.8 cm³/mol. The molecule has 0 aromatic heterocycles. The number of esters is 1. The smallest absolute Gasteiger partial charge is 0.318 e. The Morgan fingerprint density at radius 2 is 2.20 bits per heavy atom. The van der Waals surface area contributed by atoms with E-state index in [2.05, 4.69) is 4.99 Å². The van der Waals surface area contributed by atoms with Gasteiger partial charge in [-0.3, -0.25) is 9.79 Å². The second kappa shape index (κ2) is 5.73. The first-order chi connectivity index (χ1) is 7.20. The third-order valence-corrected chi connectivity index (χ3v) is 2.52. The minimum atomic E-state index is -0.307. The van der Waals surface area contributed by atoms with Crippen LogP contribution in [0.2, 0.25) is 0 Å². The maximum atomic E-state index is 11.7. The molecule has 0 N–H and O–H groups in total. The second-order valence-corrected chi connectivity index (χ2v) is 3.65. The monoisotopic (exact) mass is 213 g/mol. The second-order valence-electron chi connectivity index (χ2n) is 3.65. The van der Waals surface area contributed by atoms with E-state index in [0.29, 0.717) is 19.1 Å². The molecule has 0 aliphatic carbocycles. The van der Waals surface area contributed by atoms with Gasteiger partial charge in [0.15, 0.2) is 5.90 Å². The molecule has 15 heavy (non-hydrogen) atoms. The first kappa shape index (κ1) is 12.0. The average molecular weight is 213 g/mol. The van der Waals surface area contributed by atoms with Gasteiger partial charge in [-0.05, 0) is 26.2 Å². The molecule has 0 unspecified atom stereocenters. The van der Waals surface area contributed by atoms with Crippen molar-refractivity contribution in [2.45, 2.75) is 27.2 Å². The van der Waals surface area contributed by atoms with E-state index in [0.717, 1.165) is 13.0 Å². The van der Waals surface area contributed by atoms with Gasteiger partial charge in [-0.1, -0.05) is 6.92 Å². The first-order valence-electron chi connectivity index (χ1n) is 5.54. The van der Waals surface area contributed by atoms with Gasteiger partial charge in [0.05, 0.1) is 13.2 Å². The van der Waals surface area contributed by atoms with Crippen molar-refractivity contribution in [1.82, 2.24) is 0 Å². The highest BCUT2D eigenvalue weighted by atomic mass is 16.5. The Hall–Kier alpha value is -1.06. The zero-order chi connectivity index (χ0) is 11.3. The number of hydrogen-bond donors (Lipinski definition) is 0. The number of aliphatic imine (C=N–C) groups is 1. The van der Waals surface area contributed by atoms with E-state index >= 15 is 0 Å². The van der Waals surface area contributed by atoms with Gasteiger partial charge in [0.25, 0.3) is 0 Å². The van der Waals surface area contributed by atoms with Gasteiger partial charge in [-0.15, -0.1) is 0 Å². The van der Waals surface area contributed by atoms with Gasteiger partial charge in [-0.2, -0.15) is 0 Å². The molecule has 4 heteroatoms. The van der Waals surface area contributed by atoms with Crippen LogP contribution in [-0.4, -0.2) is 31.6 Å². The zero-order valence-electron chi connectivity index (χ0n) is 9.66. The molecule has 0 aromatic rings. The molecule has 0 amide bonds. The summed E-state index contributed by atoms with van der Waals surface area (Å²) in [5.41, 5.74) is 0. The van der Waals surface area contributed by atoms with Crippen LogP contribution in [0.15, 0.2) is 4.99 Å². The highest BCUT2D eigenvalue weighted by molar-refractivity contribution is 5.98. The number of carbonyl (C=O) groups is 1. The summed E-state index contributed by atoms with van der Waals surface area (Å²) in [5, 5.41) is 0. The molecular weight excluding hydrogens is 194 g/mol. The Morgan fingerprint density at radius 3 is 2.80 bits per heavy atom. The van der Waals surface area contributed by atoms with Crippen molar-refractivity contribution in [3.63, 3.8) is 0 Å². The van der Waals surface area contributed by atoms with E-state index in [9.17, 15) is 4.79 Å². The molecule has 0 saturated carbocycles. The molecule has 0 aromatic carbocycles. The van der Waals surface area contributed by atoms with E-state index in [1.807, 2.05) is 20.8 Å². The summed E-state index contributed by atoms with van der Waals surface area (Å²) in [5.74, 6) is 0.286. The van der Waals surface area contributed by atoms with Crippen molar-refractivity contribution < 1.29 is 14.3 Å². The van der Waals surface area contributed by atoms with Gasteiger partial charge in [0, 0.05) is 6.54 Å². The van der Waals surface area contributed by atoms with Crippen LogP contribution < -0.4 is 0 Å². The van der Waals surface area contributed by atoms with Gasteiger partial charge in [0.1, 0.15) is 5.92 Å². The third-order valence-electron chi connectivity index (χ3n) is 2.52. The number of nitrogens with zero attached hydrogens (tertiary/aromatic N) is 1. The fourth-order valence-electron chi connectivity index (χ4n) is 1.74. The van der Waals surface area contributed by atoms with Crippen LogP contribution in [0.5, 0.6) is 0 Å². The van der Waals surface area contributed by atoms with Crippen molar-refractivity contribution in [1.29, 1.82) is 0 Å². The number of carbonyl (C=O) groups excluding carboxylic acids is 1. The van der Waals surface area contributed by atoms with Crippen LogP contribution >= 0.6 is 0 Å². The van der Waals surface area contributed by atoms with Gasteiger partial charge in [-0.25, -0.2) is 0 Å². The Morgan fingerprint density at radius 1 is 1.47 bits per heavy atom. The molecule has 0 radical (unpaired) electrons. The summed E-state index contributed by atoms with van der Waals surface area (Å²) in [7, 11) is 0. The van der Waals surface area contributed by atoms with Crippen LogP contribution in [0.3, 0.4) is 0 Å². The molecule has 1 aliphatic heterocycles. The van der Waals surface area contributed by atoms with Crippen molar-refractivity contribution in [3.05, 3.63) is 0 Å². The lowest BCUT2D eigenvalue weighted by Gasteiger charge is -2.26. The highest BCUT2D eigenvalue weighted by Gasteiger charge is 2.35. The normalized spacial score (nSPS) is 25.7. The summed E-state index contributed by atoms with van der Waals surface area (Å²) < 4.78 is 10.4. The fraction of sp³-hybridized carbons (Fsp3) is 0.818. The molecule has 86 valence electrons. The molecule has 1 aliphatic rings. The SMILES string of the molecule is CCOC(=O)[C@@H]1C(OCC)=NCC[C@@H]1C. The molecule has 0 saturated heterocycles. The van der Waals surface area contributed by atoms with Gasteiger partial charge in [0.2, 0.25) is 0 Å². The number of hydrogen-bond acceptors (Lipinski definition) is 4. The lowest BCUT2D eigenvalue weighted by molar-refractivity contribution is -0.147. The Balaban J connectivity index is 2.74. The van der Waals surface area contributed by atoms with Crippen LogP contribution in [0.1, 0.15) is 27.2 Å². The van der Waals surface area contributed by atoms with E-state index in [-0.39, 0.29) is 17.8 Å². The predicted octanol–water partition coefficient (Wildman–Crippen LogP) is 1.64. The molecule has 1 rings (SSSR count). The topological polar surface area (TPSA) is 47.9 Å². The summed E-state index contributed by atoms with van der Waals surface area (Å²) in [6.45, 7) is 7.43. The first-order valence-corrected chi connectivity index (χ1v) is 5.54. The molecular formula is C11H19NO3. The molecule has 0 fully saturated rings. The average Bonchev–Trinajstić information content (AvgIpc) is 2.18.